The van der Waals surface area contributed by atoms with Crippen LogP contribution in [0.3, 0.4) is 0 Å². The third-order valence-electron chi connectivity index (χ3n) is 4.55. The minimum absolute atomic E-state index is 0.0912. The number of anilines is 1. The van der Waals surface area contributed by atoms with Gasteiger partial charge in [-0.2, -0.15) is 10.5 Å². The molecule has 3 atom stereocenters. The summed E-state index contributed by atoms with van der Waals surface area (Å²) in [4.78, 5) is 2.19. The molecule has 0 radical (unpaired) electrons. The monoisotopic (exact) mass is 267 g/mol. The second-order valence-corrected chi connectivity index (χ2v) is 5.66. The maximum absolute atomic E-state index is 9.39. The third-order valence-corrected chi connectivity index (χ3v) is 4.55. The number of rotatable bonds is 3. The van der Waals surface area contributed by atoms with Crippen molar-refractivity contribution in [3.63, 3.8) is 0 Å². The maximum Gasteiger partial charge on any atom is 0.0992 e. The van der Waals surface area contributed by atoms with E-state index in [1.807, 2.05) is 31.3 Å². The molecule has 1 aliphatic carbocycles. The van der Waals surface area contributed by atoms with E-state index in [9.17, 15) is 5.26 Å². The van der Waals surface area contributed by atoms with E-state index in [2.05, 4.69) is 24.0 Å². The minimum atomic E-state index is 0.0912. The Labute approximate surface area is 121 Å². The van der Waals surface area contributed by atoms with Crippen LogP contribution in [-0.2, 0) is 0 Å². The molecular weight excluding hydrogens is 246 g/mol. The molecule has 1 aromatic carbocycles. The average molecular weight is 267 g/mol. The molecule has 0 N–H and O–H groups in total. The molecule has 0 amide bonds. The lowest BCUT2D eigenvalue weighted by atomic mass is 9.77. The Kier molecular flexibility index (Phi) is 4.64. The lowest BCUT2D eigenvalue weighted by Crippen LogP contribution is -2.42. The van der Waals surface area contributed by atoms with Gasteiger partial charge in [-0.3, -0.25) is 0 Å². The van der Waals surface area contributed by atoms with Gasteiger partial charge in [0.15, 0.2) is 0 Å². The molecule has 20 heavy (non-hydrogen) atoms. The highest BCUT2D eigenvalue weighted by Crippen LogP contribution is 2.35. The summed E-state index contributed by atoms with van der Waals surface area (Å²) in [7, 11) is 2.05. The van der Waals surface area contributed by atoms with Gasteiger partial charge in [0.1, 0.15) is 0 Å². The average Bonchev–Trinajstić information content (AvgIpc) is 2.53. The van der Waals surface area contributed by atoms with E-state index in [1.54, 1.807) is 0 Å². The van der Waals surface area contributed by atoms with Crippen molar-refractivity contribution in [2.24, 2.45) is 11.8 Å². The Hall–Kier alpha value is -2.00. The number of nitriles is 2. The van der Waals surface area contributed by atoms with Gasteiger partial charge in [-0.25, -0.2) is 0 Å². The SMILES string of the molecule is CCC1CCC(C#N)C(N(C)c2cccc(C#N)c2)C1. The van der Waals surface area contributed by atoms with Crippen molar-refractivity contribution in [3.8, 4) is 12.1 Å². The van der Waals surface area contributed by atoms with E-state index in [4.69, 9.17) is 5.26 Å². The molecule has 0 heterocycles. The Morgan fingerprint density at radius 3 is 2.75 bits per heavy atom. The van der Waals surface area contributed by atoms with Gasteiger partial charge in [0.2, 0.25) is 0 Å². The molecule has 0 saturated heterocycles. The fourth-order valence-electron chi connectivity index (χ4n) is 3.17. The van der Waals surface area contributed by atoms with Crippen LogP contribution in [0.4, 0.5) is 5.69 Å². The fraction of sp³-hybridized carbons (Fsp3) is 0.529. The van der Waals surface area contributed by atoms with E-state index < -0.39 is 0 Å². The fourth-order valence-corrected chi connectivity index (χ4v) is 3.17. The highest BCUT2D eigenvalue weighted by Gasteiger charge is 2.32. The molecular formula is C17H21N3. The van der Waals surface area contributed by atoms with Crippen molar-refractivity contribution in [1.29, 1.82) is 10.5 Å². The maximum atomic E-state index is 9.39. The summed E-state index contributed by atoms with van der Waals surface area (Å²) in [5.41, 5.74) is 1.71. The highest BCUT2D eigenvalue weighted by molar-refractivity contribution is 5.52. The Balaban J connectivity index is 2.22. The zero-order valence-electron chi connectivity index (χ0n) is 12.2. The molecule has 3 unspecified atom stereocenters. The van der Waals surface area contributed by atoms with Gasteiger partial charge in [-0.05, 0) is 43.4 Å². The topological polar surface area (TPSA) is 50.8 Å². The second kappa shape index (κ2) is 6.44. The molecule has 0 spiro atoms. The van der Waals surface area contributed by atoms with Gasteiger partial charge < -0.3 is 4.90 Å². The van der Waals surface area contributed by atoms with Gasteiger partial charge in [0.25, 0.3) is 0 Å². The number of hydrogen-bond acceptors (Lipinski definition) is 3. The quantitative estimate of drug-likeness (QED) is 0.838. The molecule has 1 aromatic rings. The van der Waals surface area contributed by atoms with Crippen LogP contribution in [0.1, 0.15) is 38.2 Å². The summed E-state index contributed by atoms with van der Waals surface area (Å²) in [5, 5.41) is 18.4. The lowest BCUT2D eigenvalue weighted by molar-refractivity contribution is 0.265. The Morgan fingerprint density at radius 1 is 1.30 bits per heavy atom. The molecule has 0 bridgehead atoms. The van der Waals surface area contributed by atoms with Crippen molar-refractivity contribution in [1.82, 2.24) is 0 Å². The van der Waals surface area contributed by atoms with Crippen LogP contribution >= 0.6 is 0 Å². The van der Waals surface area contributed by atoms with Crippen LogP contribution in [0.25, 0.3) is 0 Å². The van der Waals surface area contributed by atoms with Crippen LogP contribution in [0, 0.1) is 34.5 Å². The normalized spacial score (nSPS) is 25.5. The summed E-state index contributed by atoms with van der Waals surface area (Å²) in [6, 6.07) is 12.6. The third kappa shape index (κ3) is 2.94. The summed E-state index contributed by atoms with van der Waals surface area (Å²) >= 11 is 0. The van der Waals surface area contributed by atoms with E-state index >= 15 is 0 Å². The molecule has 3 heteroatoms. The summed E-state index contributed by atoms with van der Waals surface area (Å²) in [5.74, 6) is 0.805. The first kappa shape index (κ1) is 14.4. The van der Waals surface area contributed by atoms with E-state index in [0.29, 0.717) is 11.5 Å². The molecule has 1 fully saturated rings. The smallest absolute Gasteiger partial charge is 0.0992 e. The van der Waals surface area contributed by atoms with Crippen molar-refractivity contribution in [2.75, 3.05) is 11.9 Å². The van der Waals surface area contributed by atoms with Gasteiger partial charge in [0.05, 0.1) is 23.6 Å². The van der Waals surface area contributed by atoms with E-state index in [-0.39, 0.29) is 12.0 Å². The first-order valence-electron chi connectivity index (χ1n) is 7.32. The summed E-state index contributed by atoms with van der Waals surface area (Å²) < 4.78 is 0. The summed E-state index contributed by atoms with van der Waals surface area (Å²) in [6.07, 6.45) is 4.40. The van der Waals surface area contributed by atoms with Gasteiger partial charge in [0, 0.05) is 18.8 Å². The van der Waals surface area contributed by atoms with Crippen molar-refractivity contribution in [3.05, 3.63) is 29.8 Å². The first-order valence-corrected chi connectivity index (χ1v) is 7.32. The molecule has 0 aliphatic heterocycles. The van der Waals surface area contributed by atoms with Crippen LogP contribution in [0.15, 0.2) is 24.3 Å². The van der Waals surface area contributed by atoms with Crippen LogP contribution in [0.5, 0.6) is 0 Å². The molecule has 0 aromatic heterocycles. The number of hydrogen-bond donors (Lipinski definition) is 0. The van der Waals surface area contributed by atoms with Gasteiger partial charge in [-0.15, -0.1) is 0 Å². The Bertz CT molecular complexity index is 538. The second-order valence-electron chi connectivity index (χ2n) is 5.66. The molecule has 104 valence electrons. The minimum Gasteiger partial charge on any atom is -0.370 e. The van der Waals surface area contributed by atoms with Crippen LogP contribution in [0.2, 0.25) is 0 Å². The predicted octanol–water partition coefficient (Wildman–Crippen LogP) is 3.71. The molecule has 1 aliphatic rings. The van der Waals surface area contributed by atoms with Gasteiger partial charge in [-0.1, -0.05) is 19.4 Å². The van der Waals surface area contributed by atoms with Crippen molar-refractivity contribution < 1.29 is 0 Å². The zero-order chi connectivity index (χ0) is 14.5. The highest BCUT2D eigenvalue weighted by atomic mass is 15.1. The van der Waals surface area contributed by atoms with Crippen LogP contribution in [-0.4, -0.2) is 13.1 Å². The molecule has 2 rings (SSSR count). The van der Waals surface area contributed by atoms with E-state index in [1.165, 1.54) is 6.42 Å². The van der Waals surface area contributed by atoms with Crippen molar-refractivity contribution in [2.45, 2.75) is 38.6 Å². The summed E-state index contributed by atoms with van der Waals surface area (Å²) in [6.45, 7) is 2.23. The Morgan fingerprint density at radius 2 is 2.10 bits per heavy atom. The molecule has 3 nitrogen and oxygen atoms in total. The largest absolute Gasteiger partial charge is 0.370 e. The first-order chi connectivity index (χ1) is 9.69. The van der Waals surface area contributed by atoms with Crippen LogP contribution < -0.4 is 4.90 Å². The standard InChI is InChI=1S/C17H21N3/c1-3-13-7-8-15(12-19)17(10-13)20(2)16-6-4-5-14(9-16)11-18/h4-6,9,13,15,17H,3,7-8,10H2,1-2H3. The van der Waals surface area contributed by atoms with Crippen molar-refractivity contribution >= 4 is 5.69 Å². The lowest BCUT2D eigenvalue weighted by Gasteiger charge is -2.39. The predicted molar refractivity (Wildman–Crippen MR) is 80.1 cm³/mol. The zero-order valence-corrected chi connectivity index (χ0v) is 12.2. The van der Waals surface area contributed by atoms with Gasteiger partial charge >= 0.3 is 0 Å². The number of nitrogens with zero attached hydrogens (tertiary/aromatic N) is 3. The molecule has 1 saturated carbocycles. The number of benzene rings is 1. The van der Waals surface area contributed by atoms with E-state index in [0.717, 1.165) is 24.9 Å².